The Kier molecular flexibility index (Phi) is 7.73. The second-order valence-electron chi connectivity index (χ2n) is 6.34. The smallest absolute Gasteiger partial charge is 0.260 e. The van der Waals surface area contributed by atoms with E-state index >= 15 is 0 Å². The molecule has 1 aliphatic rings. The Morgan fingerprint density at radius 2 is 1.84 bits per heavy atom. The van der Waals surface area contributed by atoms with Crippen LogP contribution in [0.4, 0.5) is 0 Å². The molecule has 0 bridgehead atoms. The first-order valence-electron chi connectivity index (χ1n) is 8.90. The Bertz CT molecular complexity index is 551. The molecule has 1 saturated heterocycles. The zero-order valence-electron chi connectivity index (χ0n) is 15.1. The number of rotatable bonds is 8. The maximum Gasteiger partial charge on any atom is 0.260 e. The van der Waals surface area contributed by atoms with Gasteiger partial charge in [-0.05, 0) is 37.0 Å². The second kappa shape index (κ2) is 10.0. The number of amides is 2. The number of carbonyl (C=O) groups is 2. The number of nitrogens with one attached hydrogen (secondary N) is 1. The van der Waals surface area contributed by atoms with Gasteiger partial charge in [-0.25, -0.2) is 0 Å². The highest BCUT2D eigenvalue weighted by Crippen LogP contribution is 2.15. The minimum Gasteiger partial charge on any atom is -0.484 e. The third-order valence-electron chi connectivity index (χ3n) is 4.31. The van der Waals surface area contributed by atoms with Gasteiger partial charge in [-0.2, -0.15) is 0 Å². The van der Waals surface area contributed by atoms with Crippen LogP contribution in [0.25, 0.3) is 0 Å². The molecule has 2 rings (SSSR count). The van der Waals surface area contributed by atoms with Crippen LogP contribution < -0.4 is 10.1 Å². The first-order valence-corrected chi connectivity index (χ1v) is 8.90. The summed E-state index contributed by atoms with van der Waals surface area (Å²) < 4.78 is 10.4. The Labute approximate surface area is 149 Å². The maximum atomic E-state index is 12.3. The first-order chi connectivity index (χ1) is 12.1. The van der Waals surface area contributed by atoms with Crippen LogP contribution in [0.2, 0.25) is 0 Å². The van der Waals surface area contributed by atoms with E-state index in [-0.39, 0.29) is 31.1 Å². The molecule has 6 nitrogen and oxygen atoms in total. The van der Waals surface area contributed by atoms with Crippen molar-refractivity contribution in [2.45, 2.75) is 38.6 Å². The van der Waals surface area contributed by atoms with Crippen LogP contribution in [0.3, 0.4) is 0 Å². The zero-order chi connectivity index (χ0) is 18.1. The molecule has 0 aromatic heterocycles. The predicted octanol–water partition coefficient (Wildman–Crippen LogP) is 1.77. The van der Waals surface area contributed by atoms with Crippen molar-refractivity contribution in [1.82, 2.24) is 10.2 Å². The number of carbonyl (C=O) groups excluding carboxylic acids is 2. The van der Waals surface area contributed by atoms with Crippen molar-refractivity contribution in [1.29, 1.82) is 0 Å². The third kappa shape index (κ3) is 6.38. The Morgan fingerprint density at radius 3 is 2.44 bits per heavy atom. The Morgan fingerprint density at radius 1 is 1.16 bits per heavy atom. The Hall–Kier alpha value is -2.08. The lowest BCUT2D eigenvalue weighted by molar-refractivity contribution is -0.134. The molecule has 1 fully saturated rings. The monoisotopic (exact) mass is 348 g/mol. The molecule has 0 saturated carbocycles. The van der Waals surface area contributed by atoms with Crippen molar-refractivity contribution >= 4 is 11.8 Å². The molecule has 1 aromatic carbocycles. The fraction of sp³-hybridized carbons (Fsp3) is 0.579. The van der Waals surface area contributed by atoms with Crippen LogP contribution in [0.5, 0.6) is 5.75 Å². The van der Waals surface area contributed by atoms with E-state index in [1.807, 2.05) is 24.3 Å². The molecule has 25 heavy (non-hydrogen) atoms. The lowest BCUT2D eigenvalue weighted by Gasteiger charge is -2.32. The van der Waals surface area contributed by atoms with E-state index in [1.54, 1.807) is 4.90 Å². The number of piperidine rings is 1. The molecule has 1 aliphatic heterocycles. The molecular weight excluding hydrogens is 320 g/mol. The quantitative estimate of drug-likeness (QED) is 0.777. The zero-order valence-corrected chi connectivity index (χ0v) is 15.1. The summed E-state index contributed by atoms with van der Waals surface area (Å²) in [6, 6.07) is 8.01. The molecule has 138 valence electrons. The lowest BCUT2D eigenvalue weighted by atomic mass is 10.1. The number of methoxy groups -OCH3 is 1. The number of aryl methyl sites for hydroxylation is 1. The number of hydrogen-bond acceptors (Lipinski definition) is 4. The summed E-state index contributed by atoms with van der Waals surface area (Å²) in [5.41, 5.74) is 1.28. The van der Waals surface area contributed by atoms with E-state index in [4.69, 9.17) is 9.47 Å². The summed E-state index contributed by atoms with van der Waals surface area (Å²) in [5, 5.41) is 2.92. The van der Waals surface area contributed by atoms with Crippen molar-refractivity contribution in [3.63, 3.8) is 0 Å². The highest BCUT2D eigenvalue weighted by molar-refractivity contribution is 5.78. The van der Waals surface area contributed by atoms with E-state index in [0.717, 1.165) is 31.4 Å². The lowest BCUT2D eigenvalue weighted by Crippen LogP contribution is -2.48. The fourth-order valence-electron chi connectivity index (χ4n) is 2.95. The normalized spacial score (nSPS) is 15.0. The van der Waals surface area contributed by atoms with Crippen LogP contribution >= 0.6 is 0 Å². The van der Waals surface area contributed by atoms with Gasteiger partial charge >= 0.3 is 0 Å². The van der Waals surface area contributed by atoms with E-state index < -0.39 is 0 Å². The van der Waals surface area contributed by atoms with Crippen LogP contribution in [0.1, 0.15) is 31.7 Å². The molecule has 0 atom stereocenters. The molecule has 0 unspecified atom stereocenters. The van der Waals surface area contributed by atoms with Gasteiger partial charge in [0, 0.05) is 26.2 Å². The third-order valence-corrected chi connectivity index (χ3v) is 4.31. The summed E-state index contributed by atoms with van der Waals surface area (Å²) in [7, 11) is 1.50. The average Bonchev–Trinajstić information content (AvgIpc) is 2.62. The molecule has 0 aliphatic carbocycles. The van der Waals surface area contributed by atoms with Crippen molar-refractivity contribution in [2.24, 2.45) is 0 Å². The van der Waals surface area contributed by atoms with Gasteiger partial charge in [-0.3, -0.25) is 9.59 Å². The summed E-state index contributed by atoms with van der Waals surface area (Å²) in [5.74, 6) is 0.594. The largest absolute Gasteiger partial charge is 0.484 e. The van der Waals surface area contributed by atoms with Crippen LogP contribution in [-0.2, 0) is 20.7 Å². The number of benzene rings is 1. The molecule has 0 radical (unpaired) electrons. The van der Waals surface area contributed by atoms with E-state index in [2.05, 4.69) is 12.2 Å². The molecule has 1 aromatic rings. The Balaban J connectivity index is 1.70. The minimum absolute atomic E-state index is 0.0145. The van der Waals surface area contributed by atoms with Gasteiger partial charge in [0.2, 0.25) is 5.91 Å². The number of ether oxygens (including phenoxy) is 2. The molecule has 2 amide bonds. The van der Waals surface area contributed by atoms with Gasteiger partial charge in [-0.15, -0.1) is 0 Å². The highest BCUT2D eigenvalue weighted by atomic mass is 16.5. The molecular formula is C19H28N2O4. The van der Waals surface area contributed by atoms with Crippen LogP contribution in [0, 0.1) is 0 Å². The first kappa shape index (κ1) is 19.2. The minimum atomic E-state index is -0.109. The van der Waals surface area contributed by atoms with Gasteiger partial charge < -0.3 is 19.7 Å². The van der Waals surface area contributed by atoms with Crippen molar-refractivity contribution in [3.05, 3.63) is 29.8 Å². The van der Waals surface area contributed by atoms with Gasteiger partial charge in [0.1, 0.15) is 12.4 Å². The molecule has 1 N–H and O–H groups in total. The highest BCUT2D eigenvalue weighted by Gasteiger charge is 2.23. The number of likely N-dealkylation sites (tertiary alicyclic amines) is 1. The summed E-state index contributed by atoms with van der Waals surface area (Å²) >= 11 is 0. The molecule has 0 spiro atoms. The fourth-order valence-corrected chi connectivity index (χ4v) is 2.95. The summed E-state index contributed by atoms with van der Waals surface area (Å²) in [4.78, 5) is 25.6. The van der Waals surface area contributed by atoms with Gasteiger partial charge in [0.15, 0.2) is 6.61 Å². The van der Waals surface area contributed by atoms with Gasteiger partial charge in [0.25, 0.3) is 5.91 Å². The number of hydrogen-bond donors (Lipinski definition) is 1. The van der Waals surface area contributed by atoms with Gasteiger partial charge in [0.05, 0.1) is 0 Å². The topological polar surface area (TPSA) is 67.9 Å². The van der Waals surface area contributed by atoms with Crippen molar-refractivity contribution < 1.29 is 19.1 Å². The van der Waals surface area contributed by atoms with E-state index in [9.17, 15) is 9.59 Å². The maximum absolute atomic E-state index is 12.3. The van der Waals surface area contributed by atoms with Gasteiger partial charge in [-0.1, -0.05) is 25.5 Å². The van der Waals surface area contributed by atoms with Crippen molar-refractivity contribution in [3.8, 4) is 5.75 Å². The van der Waals surface area contributed by atoms with Crippen LogP contribution in [0.15, 0.2) is 24.3 Å². The standard InChI is InChI=1S/C19H28N2O4/c1-3-4-15-5-7-17(8-6-15)25-14-19(23)21-11-9-16(10-12-21)20-18(22)13-24-2/h5-8,16H,3-4,9-14H2,1-2H3,(H,20,22). The van der Waals surface area contributed by atoms with E-state index in [1.165, 1.54) is 12.7 Å². The summed E-state index contributed by atoms with van der Waals surface area (Å²) in [6.45, 7) is 3.54. The van der Waals surface area contributed by atoms with Crippen molar-refractivity contribution in [2.75, 3.05) is 33.4 Å². The average molecular weight is 348 g/mol. The van der Waals surface area contributed by atoms with E-state index in [0.29, 0.717) is 13.1 Å². The number of nitrogens with zero attached hydrogens (tertiary/aromatic N) is 1. The van der Waals surface area contributed by atoms with Crippen LogP contribution in [-0.4, -0.2) is 56.2 Å². The predicted molar refractivity (Wildman–Crippen MR) is 95.6 cm³/mol. The molecule has 1 heterocycles. The second-order valence-corrected chi connectivity index (χ2v) is 6.34. The molecule has 6 heteroatoms. The SMILES string of the molecule is CCCc1ccc(OCC(=O)N2CCC(NC(=O)COC)CC2)cc1. The summed E-state index contributed by atoms with van der Waals surface area (Å²) in [6.07, 6.45) is 3.68.